The molecular formula is C20H27FN2O4. The van der Waals surface area contributed by atoms with Crippen LogP contribution >= 0.6 is 0 Å². The lowest BCUT2D eigenvalue weighted by Crippen LogP contribution is -2.48. The maximum absolute atomic E-state index is 13.7. The molecule has 2 aliphatic rings. The number of carbonyl (C=O) groups is 2. The molecule has 0 saturated carbocycles. The Morgan fingerprint density at radius 2 is 1.81 bits per heavy atom. The minimum atomic E-state index is -0.498. The fraction of sp³-hybridized carbons (Fsp3) is 0.600. The molecule has 1 aromatic carbocycles. The molecule has 0 unspecified atom stereocenters. The fourth-order valence-electron chi connectivity index (χ4n) is 3.65. The highest BCUT2D eigenvalue weighted by molar-refractivity contribution is 5.78. The molecule has 2 heterocycles. The van der Waals surface area contributed by atoms with E-state index in [1.807, 2.05) is 4.90 Å². The first-order valence-corrected chi connectivity index (χ1v) is 9.54. The van der Waals surface area contributed by atoms with Gasteiger partial charge < -0.3 is 19.3 Å². The van der Waals surface area contributed by atoms with Crippen LogP contribution in [0.15, 0.2) is 24.3 Å². The van der Waals surface area contributed by atoms with Crippen molar-refractivity contribution in [2.24, 2.45) is 0 Å². The molecule has 0 N–H and O–H groups in total. The van der Waals surface area contributed by atoms with E-state index < -0.39 is 5.79 Å². The number of hydrogen-bond donors (Lipinski definition) is 0. The number of halogens is 1. The van der Waals surface area contributed by atoms with Gasteiger partial charge in [0.15, 0.2) is 5.79 Å². The van der Waals surface area contributed by atoms with Crippen molar-refractivity contribution in [2.45, 2.75) is 38.4 Å². The third kappa shape index (κ3) is 5.05. The van der Waals surface area contributed by atoms with Crippen molar-refractivity contribution in [2.75, 3.05) is 39.4 Å². The van der Waals surface area contributed by atoms with Gasteiger partial charge in [0.1, 0.15) is 5.82 Å². The molecular weight excluding hydrogens is 351 g/mol. The molecule has 6 nitrogen and oxygen atoms in total. The molecule has 7 heteroatoms. The van der Waals surface area contributed by atoms with E-state index in [0.29, 0.717) is 64.2 Å². The summed E-state index contributed by atoms with van der Waals surface area (Å²) in [5, 5.41) is 0. The molecule has 2 saturated heterocycles. The molecule has 0 radical (unpaired) electrons. The van der Waals surface area contributed by atoms with Crippen LogP contribution in [0.1, 0.15) is 31.7 Å². The zero-order valence-corrected chi connectivity index (χ0v) is 15.8. The number of ether oxygens (including phenoxy) is 2. The van der Waals surface area contributed by atoms with Crippen LogP contribution in [-0.4, -0.2) is 66.8 Å². The van der Waals surface area contributed by atoms with E-state index in [-0.39, 0.29) is 24.1 Å². The smallest absolute Gasteiger partial charge is 0.224 e. The number of rotatable bonds is 6. The maximum atomic E-state index is 13.7. The summed E-state index contributed by atoms with van der Waals surface area (Å²) >= 11 is 0. The van der Waals surface area contributed by atoms with Crippen LogP contribution in [0.4, 0.5) is 4.39 Å². The van der Waals surface area contributed by atoms with Crippen LogP contribution in [-0.2, 0) is 25.5 Å². The van der Waals surface area contributed by atoms with Gasteiger partial charge in [-0.2, -0.15) is 0 Å². The molecule has 2 amide bonds. The van der Waals surface area contributed by atoms with Crippen LogP contribution in [0, 0.1) is 5.82 Å². The van der Waals surface area contributed by atoms with Crippen LogP contribution in [0.3, 0.4) is 0 Å². The molecule has 0 aliphatic carbocycles. The van der Waals surface area contributed by atoms with Gasteiger partial charge in [-0.15, -0.1) is 0 Å². The predicted molar refractivity (Wildman–Crippen MR) is 97.4 cm³/mol. The Labute approximate surface area is 159 Å². The fourth-order valence-corrected chi connectivity index (χ4v) is 3.65. The summed E-state index contributed by atoms with van der Waals surface area (Å²) in [6.45, 7) is 4.66. The lowest BCUT2D eigenvalue weighted by Gasteiger charge is -2.37. The highest BCUT2D eigenvalue weighted by Crippen LogP contribution is 2.31. The number of likely N-dealkylation sites (tertiary alicyclic amines) is 1. The number of piperidine rings is 1. The molecule has 27 heavy (non-hydrogen) atoms. The molecule has 3 rings (SSSR count). The quantitative estimate of drug-likeness (QED) is 0.760. The second-order valence-electron chi connectivity index (χ2n) is 7.09. The summed E-state index contributed by atoms with van der Waals surface area (Å²) in [6.07, 6.45) is 2.07. The standard InChI is InChI=1S/C20H27FN2O4/c1-16(24)22(10-6-17-4-2-3-5-18(17)21)11-7-19(25)23-12-8-20(9-13-23)26-14-15-27-20/h2-5H,6-15H2,1H3. The normalized spacial score (nSPS) is 18.7. The van der Waals surface area contributed by atoms with Gasteiger partial charge in [-0.3, -0.25) is 9.59 Å². The number of amides is 2. The SMILES string of the molecule is CC(=O)N(CCC(=O)N1CCC2(CC1)OCCO2)CCc1ccccc1F. The summed E-state index contributed by atoms with van der Waals surface area (Å²) in [5.41, 5.74) is 0.577. The second kappa shape index (κ2) is 8.80. The Balaban J connectivity index is 1.45. The molecule has 2 fully saturated rings. The number of benzene rings is 1. The van der Waals surface area contributed by atoms with E-state index in [4.69, 9.17) is 9.47 Å². The van der Waals surface area contributed by atoms with Crippen LogP contribution in [0.25, 0.3) is 0 Å². The molecule has 0 aromatic heterocycles. The maximum Gasteiger partial charge on any atom is 0.224 e. The summed E-state index contributed by atoms with van der Waals surface area (Å²) in [5.74, 6) is -0.845. The average Bonchev–Trinajstić information content (AvgIpc) is 3.11. The van der Waals surface area contributed by atoms with Crippen molar-refractivity contribution in [1.29, 1.82) is 0 Å². The van der Waals surface area contributed by atoms with E-state index >= 15 is 0 Å². The molecule has 1 aromatic rings. The third-order valence-corrected chi connectivity index (χ3v) is 5.34. The van der Waals surface area contributed by atoms with Crippen LogP contribution in [0.2, 0.25) is 0 Å². The van der Waals surface area contributed by atoms with Gasteiger partial charge in [0.05, 0.1) is 13.2 Å². The number of carbonyl (C=O) groups excluding carboxylic acids is 2. The first-order valence-electron chi connectivity index (χ1n) is 9.54. The average molecular weight is 378 g/mol. The van der Waals surface area contributed by atoms with Gasteiger partial charge in [0, 0.05) is 52.4 Å². The van der Waals surface area contributed by atoms with E-state index in [0.717, 1.165) is 0 Å². The Kier molecular flexibility index (Phi) is 6.44. The first-order chi connectivity index (χ1) is 13.0. The molecule has 2 aliphatic heterocycles. The molecule has 1 spiro atoms. The molecule has 0 atom stereocenters. The summed E-state index contributed by atoms with van der Waals surface area (Å²) in [7, 11) is 0. The van der Waals surface area contributed by atoms with E-state index in [1.165, 1.54) is 13.0 Å². The zero-order chi connectivity index (χ0) is 19.3. The van der Waals surface area contributed by atoms with Gasteiger partial charge in [-0.25, -0.2) is 4.39 Å². The largest absolute Gasteiger partial charge is 0.347 e. The first kappa shape index (κ1) is 19.8. The Morgan fingerprint density at radius 3 is 2.44 bits per heavy atom. The third-order valence-electron chi connectivity index (χ3n) is 5.34. The van der Waals surface area contributed by atoms with Crippen LogP contribution in [0.5, 0.6) is 0 Å². The monoisotopic (exact) mass is 378 g/mol. The second-order valence-corrected chi connectivity index (χ2v) is 7.09. The minimum absolute atomic E-state index is 0.0278. The summed E-state index contributed by atoms with van der Waals surface area (Å²) < 4.78 is 25.1. The minimum Gasteiger partial charge on any atom is -0.347 e. The number of hydrogen-bond acceptors (Lipinski definition) is 4. The summed E-state index contributed by atoms with van der Waals surface area (Å²) in [4.78, 5) is 27.8. The van der Waals surface area contributed by atoms with Gasteiger partial charge in [0.2, 0.25) is 11.8 Å². The van der Waals surface area contributed by atoms with Gasteiger partial charge in [-0.05, 0) is 18.1 Å². The zero-order valence-electron chi connectivity index (χ0n) is 15.8. The number of nitrogens with zero attached hydrogens (tertiary/aromatic N) is 2. The topological polar surface area (TPSA) is 59.1 Å². The van der Waals surface area contributed by atoms with Crippen molar-refractivity contribution in [3.63, 3.8) is 0 Å². The van der Waals surface area contributed by atoms with Crippen molar-refractivity contribution >= 4 is 11.8 Å². The Hall–Kier alpha value is -1.99. The lowest BCUT2D eigenvalue weighted by molar-refractivity contribution is -0.187. The van der Waals surface area contributed by atoms with Gasteiger partial charge in [0.25, 0.3) is 0 Å². The van der Waals surface area contributed by atoms with Crippen LogP contribution < -0.4 is 0 Å². The highest BCUT2D eigenvalue weighted by Gasteiger charge is 2.40. The molecule has 148 valence electrons. The summed E-state index contributed by atoms with van der Waals surface area (Å²) in [6, 6.07) is 6.55. The highest BCUT2D eigenvalue weighted by atomic mass is 19.1. The van der Waals surface area contributed by atoms with Crippen molar-refractivity contribution in [1.82, 2.24) is 9.80 Å². The van der Waals surface area contributed by atoms with Gasteiger partial charge >= 0.3 is 0 Å². The molecule has 0 bridgehead atoms. The van der Waals surface area contributed by atoms with Gasteiger partial charge in [-0.1, -0.05) is 18.2 Å². The van der Waals surface area contributed by atoms with Crippen molar-refractivity contribution in [3.8, 4) is 0 Å². The van der Waals surface area contributed by atoms with E-state index in [2.05, 4.69) is 0 Å². The van der Waals surface area contributed by atoms with Crippen molar-refractivity contribution in [3.05, 3.63) is 35.6 Å². The Bertz CT molecular complexity index is 666. The predicted octanol–water partition coefficient (Wildman–Crippen LogP) is 1.97. The van der Waals surface area contributed by atoms with E-state index in [9.17, 15) is 14.0 Å². The van der Waals surface area contributed by atoms with E-state index in [1.54, 1.807) is 23.1 Å². The van der Waals surface area contributed by atoms with Crippen molar-refractivity contribution < 1.29 is 23.5 Å². The Morgan fingerprint density at radius 1 is 1.15 bits per heavy atom. The lowest BCUT2D eigenvalue weighted by atomic mass is 10.0.